The van der Waals surface area contributed by atoms with Crippen LogP contribution in [0.1, 0.15) is 84.3 Å². The predicted molar refractivity (Wildman–Crippen MR) is 240 cm³/mol. The number of carbonyl (C=O) groups is 8. The lowest BCUT2D eigenvalue weighted by atomic mass is 10.00. The molecule has 0 saturated carbocycles. The number of carbonyl (C=O) groups excluding carboxylic acids is 8. The Morgan fingerprint density at radius 3 is 1.98 bits per heavy atom. The van der Waals surface area contributed by atoms with Crippen LogP contribution in [0.5, 0.6) is 0 Å². The fourth-order valence-corrected chi connectivity index (χ4v) is 8.11. The van der Waals surface area contributed by atoms with Crippen molar-refractivity contribution < 1.29 is 47.8 Å². The van der Waals surface area contributed by atoms with Crippen LogP contribution < -0.4 is 10.6 Å². The molecule has 2 aromatic carbocycles. The van der Waals surface area contributed by atoms with Crippen molar-refractivity contribution in [1.82, 2.24) is 30.2 Å². The van der Waals surface area contributed by atoms with Gasteiger partial charge in [-0.05, 0) is 68.6 Å². The number of amides is 6. The number of nitrogens with zero attached hydrogens (tertiary/aromatic N) is 4. The first-order valence-corrected chi connectivity index (χ1v) is 22.3. The van der Waals surface area contributed by atoms with Crippen LogP contribution in [0.15, 0.2) is 66.7 Å². The van der Waals surface area contributed by atoms with E-state index in [9.17, 15) is 38.4 Å². The van der Waals surface area contributed by atoms with Gasteiger partial charge in [0.15, 0.2) is 6.10 Å². The Morgan fingerprint density at radius 2 is 1.39 bits per heavy atom. The lowest BCUT2D eigenvalue weighted by Crippen LogP contribution is -2.58. The quantitative estimate of drug-likeness (QED) is 0.147. The molecule has 2 aromatic rings. The fraction of sp³-hybridized carbons (Fsp3) is 0.542. The van der Waals surface area contributed by atoms with E-state index in [1.54, 1.807) is 13.0 Å². The van der Waals surface area contributed by atoms with Crippen LogP contribution in [0, 0.1) is 11.8 Å². The van der Waals surface area contributed by atoms with E-state index in [2.05, 4.69) is 10.6 Å². The van der Waals surface area contributed by atoms with E-state index in [1.807, 2.05) is 81.4 Å². The van der Waals surface area contributed by atoms with Gasteiger partial charge in [0, 0.05) is 45.6 Å². The minimum atomic E-state index is -1.12. The van der Waals surface area contributed by atoms with Crippen molar-refractivity contribution in [2.75, 3.05) is 40.8 Å². The number of methoxy groups -OCH3 is 1. The second-order valence-corrected chi connectivity index (χ2v) is 17.1. The maximum absolute atomic E-state index is 14.1. The Hall–Kier alpha value is -6.06. The third kappa shape index (κ3) is 13.5. The maximum Gasteiger partial charge on any atom is 0.331 e. The number of hydrogen-bond donors (Lipinski definition) is 2. The summed E-state index contributed by atoms with van der Waals surface area (Å²) in [7, 11) is 4.21. The van der Waals surface area contributed by atoms with Gasteiger partial charge in [0.25, 0.3) is 5.91 Å². The number of esters is 2. The van der Waals surface area contributed by atoms with Gasteiger partial charge in [-0.1, -0.05) is 88.4 Å². The zero-order valence-electron chi connectivity index (χ0n) is 38.5. The Bertz CT molecular complexity index is 1980. The normalized spacial score (nSPS) is 18.4. The molecule has 2 aliphatic heterocycles. The summed E-state index contributed by atoms with van der Waals surface area (Å²) in [6.07, 6.45) is 4.60. The largest absolute Gasteiger partial charge is 0.467 e. The third-order valence-corrected chi connectivity index (χ3v) is 12.1. The zero-order chi connectivity index (χ0) is 47.1. The van der Waals surface area contributed by atoms with Crippen LogP contribution in [-0.4, -0.2) is 144 Å². The summed E-state index contributed by atoms with van der Waals surface area (Å²) in [4.78, 5) is 114. The van der Waals surface area contributed by atoms with Gasteiger partial charge >= 0.3 is 11.9 Å². The van der Waals surface area contributed by atoms with Crippen molar-refractivity contribution in [3.8, 4) is 0 Å². The van der Waals surface area contributed by atoms with Crippen LogP contribution in [-0.2, 0) is 54.3 Å². The number of nitrogens with one attached hydrogen (secondary N) is 2. The van der Waals surface area contributed by atoms with E-state index in [-0.39, 0.29) is 31.2 Å². The van der Waals surface area contributed by atoms with E-state index in [1.165, 1.54) is 53.8 Å². The van der Waals surface area contributed by atoms with Gasteiger partial charge < -0.3 is 39.7 Å². The van der Waals surface area contributed by atoms with E-state index >= 15 is 0 Å². The molecule has 7 unspecified atom stereocenters. The summed E-state index contributed by atoms with van der Waals surface area (Å²) in [5.41, 5.74) is 1.59. The molecule has 2 saturated heterocycles. The molecule has 16 heteroatoms. The third-order valence-electron chi connectivity index (χ3n) is 12.1. The van der Waals surface area contributed by atoms with Crippen LogP contribution in [0.4, 0.5) is 0 Å². The maximum atomic E-state index is 14.1. The Kier molecular flexibility index (Phi) is 19.1. The van der Waals surface area contributed by atoms with Crippen molar-refractivity contribution >= 4 is 53.5 Å². The predicted octanol–water partition coefficient (Wildman–Crippen LogP) is 3.38. The summed E-state index contributed by atoms with van der Waals surface area (Å²) in [6, 6.07) is 13.6. The van der Waals surface area contributed by atoms with E-state index < -0.39 is 90.2 Å². The molecule has 2 N–H and O–H groups in total. The average Bonchev–Trinajstić information content (AvgIpc) is 4.00. The lowest BCUT2D eigenvalue weighted by molar-refractivity contribution is -0.161. The molecule has 2 aliphatic rings. The topological polar surface area (TPSA) is 192 Å². The molecule has 0 bridgehead atoms. The van der Waals surface area contributed by atoms with Crippen molar-refractivity contribution in [1.29, 1.82) is 0 Å². The van der Waals surface area contributed by atoms with Crippen molar-refractivity contribution in [2.24, 2.45) is 11.8 Å². The van der Waals surface area contributed by atoms with Gasteiger partial charge in [0.05, 0.1) is 13.7 Å². The van der Waals surface area contributed by atoms with Crippen molar-refractivity contribution in [2.45, 2.75) is 116 Å². The van der Waals surface area contributed by atoms with E-state index in [0.29, 0.717) is 38.6 Å². The smallest absolute Gasteiger partial charge is 0.331 e. The van der Waals surface area contributed by atoms with Gasteiger partial charge in [0.2, 0.25) is 29.5 Å². The highest BCUT2D eigenvalue weighted by Gasteiger charge is 2.42. The molecule has 0 aliphatic carbocycles. The number of ether oxygens (including phenoxy) is 2. The first-order chi connectivity index (χ1) is 30.5. The number of likely N-dealkylation sites (tertiary alicyclic amines) is 2. The molecule has 4 rings (SSSR count). The molecule has 0 radical (unpaired) electrons. The fourth-order valence-electron chi connectivity index (χ4n) is 8.11. The second-order valence-electron chi connectivity index (χ2n) is 17.1. The highest BCUT2D eigenvalue weighted by Crippen LogP contribution is 2.25. The average molecular weight is 887 g/mol. The number of benzene rings is 2. The number of hydrogen-bond acceptors (Lipinski definition) is 10. The van der Waals surface area contributed by atoms with Gasteiger partial charge in [-0.25, -0.2) is 9.59 Å². The van der Waals surface area contributed by atoms with Crippen LogP contribution in [0.3, 0.4) is 0 Å². The Balaban J connectivity index is 1.40. The molecule has 348 valence electrons. The standard InChI is InChI=1S/C48H66N6O10/c1-9-32(4)42(64-41(56)25-24-34-18-12-10-13-19-34)47(61)53-26-16-22-36(53)43(57)49-30-40(55)51(6)38(28-31(2)3)44(58)50-33(5)45(59)52(7)39(29-35-20-14-11-15-21-35)46(60)54-27-17-23-37(54)48(62)63-8/h10-15,18-21,24-25,31-33,36-39,42H,9,16-17,22-23,26-30H2,1-8H3,(H,49,57)(H,50,58)/b25-24-. The Labute approximate surface area is 377 Å². The summed E-state index contributed by atoms with van der Waals surface area (Å²) in [5.74, 6) is -4.77. The van der Waals surface area contributed by atoms with Gasteiger partial charge in [0.1, 0.15) is 30.2 Å². The summed E-state index contributed by atoms with van der Waals surface area (Å²) >= 11 is 0. The lowest BCUT2D eigenvalue weighted by Gasteiger charge is -2.35. The monoisotopic (exact) mass is 886 g/mol. The molecule has 2 fully saturated rings. The molecule has 0 aromatic heterocycles. The highest BCUT2D eigenvalue weighted by atomic mass is 16.5. The van der Waals surface area contributed by atoms with Crippen LogP contribution in [0.2, 0.25) is 0 Å². The van der Waals surface area contributed by atoms with Crippen molar-refractivity contribution in [3.05, 3.63) is 77.9 Å². The van der Waals surface area contributed by atoms with Crippen LogP contribution >= 0.6 is 0 Å². The summed E-state index contributed by atoms with van der Waals surface area (Å²) < 4.78 is 10.6. The zero-order valence-corrected chi connectivity index (χ0v) is 38.5. The summed E-state index contributed by atoms with van der Waals surface area (Å²) in [5, 5.41) is 5.40. The highest BCUT2D eigenvalue weighted by molar-refractivity contribution is 5.97. The molecule has 16 nitrogen and oxygen atoms in total. The molecule has 6 amide bonds. The molecule has 7 atom stereocenters. The van der Waals surface area contributed by atoms with E-state index in [0.717, 1.165) is 11.1 Å². The number of rotatable bonds is 20. The molecule has 64 heavy (non-hydrogen) atoms. The molecular weight excluding hydrogens is 821 g/mol. The van der Waals surface area contributed by atoms with Gasteiger partial charge in [-0.15, -0.1) is 0 Å². The van der Waals surface area contributed by atoms with Gasteiger partial charge in [-0.2, -0.15) is 0 Å². The minimum absolute atomic E-state index is 0.0511. The molecular formula is C48H66N6O10. The van der Waals surface area contributed by atoms with Crippen LogP contribution in [0.25, 0.3) is 6.08 Å². The minimum Gasteiger partial charge on any atom is -0.467 e. The summed E-state index contributed by atoms with van der Waals surface area (Å²) in [6.45, 7) is 9.09. The molecule has 2 heterocycles. The first-order valence-electron chi connectivity index (χ1n) is 22.3. The first kappa shape index (κ1) is 50.6. The Morgan fingerprint density at radius 1 is 0.797 bits per heavy atom. The second kappa shape index (κ2) is 24.1. The number of likely N-dealkylation sites (N-methyl/N-ethyl adjacent to an activating group) is 2. The SMILES string of the molecule is CCC(C)C(OC(=O)/C=C\c1ccccc1)C(=O)N1CCCC1C(=O)NCC(=O)N(C)C(CC(C)C)C(=O)NC(C)C(=O)N(C)C(Cc1ccccc1)C(=O)N1CCCC1C(=O)OC. The molecule has 0 spiro atoms. The van der Waals surface area contributed by atoms with E-state index in [4.69, 9.17) is 9.47 Å². The van der Waals surface area contributed by atoms with Crippen molar-refractivity contribution in [3.63, 3.8) is 0 Å². The van der Waals surface area contributed by atoms with Gasteiger partial charge in [-0.3, -0.25) is 28.8 Å².